The SMILES string of the molecule is Cn1cc(C(=O)NC2=C(c3ccccc3)C=CC(F)(Cl)C2Cl)c(C(F)F)n1. The molecule has 1 aromatic heterocycles. The predicted molar refractivity (Wildman–Crippen MR) is 97.5 cm³/mol. The van der Waals surface area contributed by atoms with E-state index < -0.39 is 28.5 Å². The van der Waals surface area contributed by atoms with Crippen molar-refractivity contribution in [3.63, 3.8) is 0 Å². The minimum absolute atomic E-state index is 0.0167. The largest absolute Gasteiger partial charge is 0.323 e. The molecule has 0 saturated carbocycles. The van der Waals surface area contributed by atoms with Gasteiger partial charge in [0.1, 0.15) is 11.1 Å². The van der Waals surface area contributed by atoms with Gasteiger partial charge in [0.05, 0.1) is 5.56 Å². The number of aryl methyl sites for hydroxylation is 1. The highest BCUT2D eigenvalue weighted by molar-refractivity contribution is 6.34. The molecule has 0 radical (unpaired) electrons. The van der Waals surface area contributed by atoms with E-state index in [9.17, 15) is 18.0 Å². The van der Waals surface area contributed by atoms with Crippen molar-refractivity contribution in [3.05, 3.63) is 71.2 Å². The number of allylic oxidation sites excluding steroid dienone is 4. The summed E-state index contributed by atoms with van der Waals surface area (Å²) in [5.41, 5.74) is 0.0658. The molecule has 0 saturated heterocycles. The van der Waals surface area contributed by atoms with Crippen LogP contribution in [0.3, 0.4) is 0 Å². The van der Waals surface area contributed by atoms with Crippen molar-refractivity contribution in [2.45, 2.75) is 16.9 Å². The lowest BCUT2D eigenvalue weighted by molar-refractivity contribution is 0.0948. The second-order valence-corrected chi connectivity index (χ2v) is 6.94. The van der Waals surface area contributed by atoms with Gasteiger partial charge in [-0.15, -0.1) is 11.6 Å². The summed E-state index contributed by atoms with van der Waals surface area (Å²) in [6.07, 6.45) is 0.693. The number of hydrogen-bond donors (Lipinski definition) is 1. The van der Waals surface area contributed by atoms with Crippen molar-refractivity contribution in [3.8, 4) is 0 Å². The van der Waals surface area contributed by atoms with Crippen LogP contribution in [-0.2, 0) is 7.05 Å². The Kier molecular flexibility index (Phi) is 5.35. The molecule has 3 rings (SSSR count). The van der Waals surface area contributed by atoms with Gasteiger partial charge < -0.3 is 5.32 Å². The van der Waals surface area contributed by atoms with Gasteiger partial charge in [-0.3, -0.25) is 9.48 Å². The molecule has 1 aromatic carbocycles. The van der Waals surface area contributed by atoms with Crippen molar-refractivity contribution in [2.75, 3.05) is 0 Å². The van der Waals surface area contributed by atoms with E-state index in [1.165, 1.54) is 13.1 Å². The van der Waals surface area contributed by atoms with E-state index in [0.29, 0.717) is 11.1 Å². The van der Waals surface area contributed by atoms with Crippen molar-refractivity contribution in [1.29, 1.82) is 0 Å². The molecule has 1 heterocycles. The molecule has 0 aliphatic heterocycles. The lowest BCUT2D eigenvalue weighted by Gasteiger charge is -2.29. The topological polar surface area (TPSA) is 46.9 Å². The van der Waals surface area contributed by atoms with Crippen LogP contribution in [0.25, 0.3) is 5.57 Å². The molecule has 2 atom stereocenters. The smallest absolute Gasteiger partial charge is 0.282 e. The molecular weight excluding hydrogens is 402 g/mol. The maximum atomic E-state index is 14.5. The molecule has 0 bridgehead atoms. The average molecular weight is 416 g/mol. The summed E-state index contributed by atoms with van der Waals surface area (Å²) in [5, 5.41) is 2.16. The molecule has 142 valence electrons. The van der Waals surface area contributed by atoms with E-state index in [-0.39, 0.29) is 11.3 Å². The molecule has 1 N–H and O–H groups in total. The van der Waals surface area contributed by atoms with Gasteiger partial charge >= 0.3 is 0 Å². The molecule has 27 heavy (non-hydrogen) atoms. The Morgan fingerprint density at radius 3 is 2.63 bits per heavy atom. The molecule has 4 nitrogen and oxygen atoms in total. The fourth-order valence-electron chi connectivity index (χ4n) is 2.73. The Balaban J connectivity index is 2.04. The van der Waals surface area contributed by atoms with Crippen LogP contribution in [0.15, 0.2) is 54.4 Å². The van der Waals surface area contributed by atoms with Crippen molar-refractivity contribution >= 4 is 34.7 Å². The fraction of sp³-hybridized carbons (Fsp3) is 0.222. The van der Waals surface area contributed by atoms with E-state index in [1.54, 1.807) is 30.3 Å². The number of alkyl halides is 5. The fourth-order valence-corrected chi connectivity index (χ4v) is 3.15. The second kappa shape index (κ2) is 7.40. The number of nitrogens with zero attached hydrogens (tertiary/aromatic N) is 2. The van der Waals surface area contributed by atoms with E-state index in [0.717, 1.165) is 17.0 Å². The third-order valence-corrected chi connectivity index (χ3v) is 4.99. The second-order valence-electron chi connectivity index (χ2n) is 5.92. The number of halogens is 5. The summed E-state index contributed by atoms with van der Waals surface area (Å²) < 4.78 is 41.9. The number of carbonyl (C=O) groups is 1. The number of aromatic nitrogens is 2. The molecule has 1 aliphatic rings. The average Bonchev–Trinajstić information content (AvgIpc) is 3.02. The lowest BCUT2D eigenvalue weighted by Crippen LogP contribution is -2.39. The van der Waals surface area contributed by atoms with Gasteiger partial charge in [0.15, 0.2) is 0 Å². The highest BCUT2D eigenvalue weighted by Crippen LogP contribution is 2.40. The standard InChI is InChI=1S/C18H14Cl2F3N3O/c1-26-9-12(14(25-26)16(21)22)17(27)24-13-11(10-5-3-2-4-6-10)7-8-18(20,23)15(13)19/h2-9,15-16H,1H3,(H,24,27). The van der Waals surface area contributed by atoms with Crippen LogP contribution in [0, 0.1) is 0 Å². The summed E-state index contributed by atoms with van der Waals surface area (Å²) in [6, 6.07) is 8.78. The van der Waals surface area contributed by atoms with Gasteiger partial charge in [-0.2, -0.15) is 5.10 Å². The van der Waals surface area contributed by atoms with Crippen LogP contribution in [0.2, 0.25) is 0 Å². The Morgan fingerprint density at radius 2 is 2.00 bits per heavy atom. The van der Waals surface area contributed by atoms with Crippen molar-refractivity contribution in [2.24, 2.45) is 7.05 Å². The monoisotopic (exact) mass is 415 g/mol. The van der Waals surface area contributed by atoms with Crippen molar-refractivity contribution in [1.82, 2.24) is 15.1 Å². The molecule has 2 unspecified atom stereocenters. The van der Waals surface area contributed by atoms with Gasteiger partial charge in [-0.05, 0) is 11.6 Å². The number of hydrogen-bond acceptors (Lipinski definition) is 2. The normalized spacial score (nSPS) is 22.4. The highest BCUT2D eigenvalue weighted by Gasteiger charge is 2.41. The van der Waals surface area contributed by atoms with Gasteiger partial charge in [0.25, 0.3) is 12.3 Å². The minimum Gasteiger partial charge on any atom is -0.323 e. The summed E-state index contributed by atoms with van der Waals surface area (Å²) >= 11 is 11.9. The number of amides is 1. The van der Waals surface area contributed by atoms with E-state index in [2.05, 4.69) is 10.4 Å². The van der Waals surface area contributed by atoms with Crippen LogP contribution in [0.4, 0.5) is 13.2 Å². The minimum atomic E-state index is -2.94. The first kappa shape index (κ1) is 19.5. The molecule has 0 spiro atoms. The third kappa shape index (κ3) is 3.89. The molecular formula is C18H14Cl2F3N3O. The third-order valence-electron chi connectivity index (χ3n) is 4.00. The number of nitrogens with one attached hydrogen (secondary N) is 1. The number of benzene rings is 1. The molecule has 9 heteroatoms. The molecule has 0 fully saturated rings. The predicted octanol–water partition coefficient (Wildman–Crippen LogP) is 4.58. The van der Waals surface area contributed by atoms with Crippen LogP contribution >= 0.6 is 23.2 Å². The zero-order chi connectivity index (χ0) is 19.8. The maximum absolute atomic E-state index is 14.5. The zero-order valence-corrected chi connectivity index (χ0v) is 15.5. The van der Waals surface area contributed by atoms with Crippen LogP contribution in [0.5, 0.6) is 0 Å². The summed E-state index contributed by atoms with van der Waals surface area (Å²) in [4.78, 5) is 12.6. The van der Waals surface area contributed by atoms with E-state index in [4.69, 9.17) is 23.2 Å². The first-order valence-corrected chi connectivity index (χ1v) is 8.66. The Hall–Kier alpha value is -2.25. The Morgan fingerprint density at radius 1 is 1.33 bits per heavy atom. The van der Waals surface area contributed by atoms with Gasteiger partial charge in [0, 0.05) is 24.5 Å². The summed E-state index contributed by atoms with van der Waals surface area (Å²) in [7, 11) is 1.41. The quantitative estimate of drug-likeness (QED) is 0.742. The van der Waals surface area contributed by atoms with Crippen LogP contribution < -0.4 is 5.32 Å². The Bertz CT molecular complexity index is 923. The maximum Gasteiger partial charge on any atom is 0.282 e. The molecule has 1 amide bonds. The lowest BCUT2D eigenvalue weighted by atomic mass is 9.94. The molecule has 1 aliphatic carbocycles. The van der Waals surface area contributed by atoms with Gasteiger partial charge in [-0.1, -0.05) is 48.0 Å². The van der Waals surface area contributed by atoms with Crippen molar-refractivity contribution < 1.29 is 18.0 Å². The van der Waals surface area contributed by atoms with Crippen LogP contribution in [0.1, 0.15) is 28.0 Å². The highest BCUT2D eigenvalue weighted by atomic mass is 35.5. The van der Waals surface area contributed by atoms with Crippen LogP contribution in [-0.4, -0.2) is 26.2 Å². The first-order chi connectivity index (χ1) is 12.7. The van der Waals surface area contributed by atoms with Gasteiger partial charge in [0.2, 0.25) is 5.13 Å². The zero-order valence-electron chi connectivity index (χ0n) is 14.0. The Labute approximate surface area is 163 Å². The summed E-state index contributed by atoms with van der Waals surface area (Å²) in [6.45, 7) is 0. The molecule has 2 aromatic rings. The van der Waals surface area contributed by atoms with Gasteiger partial charge in [-0.25, -0.2) is 13.2 Å². The van der Waals surface area contributed by atoms with E-state index >= 15 is 0 Å². The first-order valence-electron chi connectivity index (χ1n) is 7.84. The number of carbonyl (C=O) groups excluding carboxylic acids is 1. The summed E-state index contributed by atoms with van der Waals surface area (Å²) in [5.74, 6) is -0.879. The number of rotatable bonds is 4. The van der Waals surface area contributed by atoms with E-state index in [1.807, 2.05) is 0 Å².